The number of aryl methyl sites for hydroxylation is 1. The van der Waals surface area contributed by atoms with Gasteiger partial charge in [-0.2, -0.15) is 0 Å². The molecule has 0 saturated carbocycles. The predicted octanol–water partition coefficient (Wildman–Crippen LogP) is -0.162. The van der Waals surface area contributed by atoms with Crippen LogP contribution in [0.4, 0.5) is 0 Å². The summed E-state index contributed by atoms with van der Waals surface area (Å²) in [6, 6.07) is 9.04. The van der Waals surface area contributed by atoms with Gasteiger partial charge in [-0.3, -0.25) is 14.4 Å². The Labute approximate surface area is 200 Å². The Kier molecular flexibility index (Phi) is 7.54. The first-order valence-corrected chi connectivity index (χ1v) is 12.2. The molecule has 3 saturated heterocycles. The summed E-state index contributed by atoms with van der Waals surface area (Å²) in [7, 11) is 0. The number of fused-ring (bicyclic) bond motifs is 1. The average Bonchev–Trinajstić information content (AvgIpc) is 3.32. The van der Waals surface area contributed by atoms with Crippen LogP contribution in [0.2, 0.25) is 0 Å². The second kappa shape index (κ2) is 10.8. The Bertz CT molecular complexity index is 914. The molecule has 3 aliphatic heterocycles. The van der Waals surface area contributed by atoms with E-state index in [0.29, 0.717) is 37.8 Å². The van der Waals surface area contributed by atoms with E-state index >= 15 is 0 Å². The number of hydrazone groups is 1. The van der Waals surface area contributed by atoms with E-state index in [1.807, 2.05) is 23.1 Å². The number of piperidine rings is 1. The topological polar surface area (TPSA) is 137 Å². The maximum absolute atomic E-state index is 13.0. The molecular formula is C24H35N7O3. The minimum absolute atomic E-state index is 0.0329. The summed E-state index contributed by atoms with van der Waals surface area (Å²) >= 11 is 0. The molecule has 184 valence electrons. The first-order valence-electron chi connectivity index (χ1n) is 12.2. The van der Waals surface area contributed by atoms with Crippen LogP contribution >= 0.6 is 0 Å². The molecule has 34 heavy (non-hydrogen) atoms. The van der Waals surface area contributed by atoms with Crippen molar-refractivity contribution in [3.05, 3.63) is 35.9 Å². The van der Waals surface area contributed by atoms with Crippen molar-refractivity contribution in [1.29, 1.82) is 0 Å². The van der Waals surface area contributed by atoms with Crippen molar-refractivity contribution in [3.63, 3.8) is 0 Å². The number of likely N-dealkylation sites (tertiary alicyclic amines) is 1. The van der Waals surface area contributed by atoms with E-state index in [-0.39, 0.29) is 24.3 Å². The molecule has 10 nitrogen and oxygen atoms in total. The fourth-order valence-corrected chi connectivity index (χ4v) is 5.31. The molecule has 2 atom stereocenters. The van der Waals surface area contributed by atoms with Crippen molar-refractivity contribution in [2.45, 2.75) is 50.6 Å². The van der Waals surface area contributed by atoms with Gasteiger partial charge in [-0.05, 0) is 50.0 Å². The van der Waals surface area contributed by atoms with Gasteiger partial charge in [-0.15, -0.1) is 5.10 Å². The third kappa shape index (κ3) is 5.26. The molecule has 3 aliphatic rings. The van der Waals surface area contributed by atoms with Crippen LogP contribution in [0.15, 0.2) is 35.4 Å². The summed E-state index contributed by atoms with van der Waals surface area (Å²) < 4.78 is 0. The lowest BCUT2D eigenvalue weighted by atomic mass is 9.97. The monoisotopic (exact) mass is 469 g/mol. The van der Waals surface area contributed by atoms with Gasteiger partial charge in [0.15, 0.2) is 0 Å². The third-order valence-corrected chi connectivity index (χ3v) is 7.27. The van der Waals surface area contributed by atoms with Crippen LogP contribution in [-0.2, 0) is 20.8 Å². The summed E-state index contributed by atoms with van der Waals surface area (Å²) in [6.07, 6.45) is 4.48. The number of nitrogens with one attached hydrogen (secondary N) is 1. The fraction of sp³-hybridized carbons (Fsp3) is 0.583. The highest BCUT2D eigenvalue weighted by atomic mass is 16.2. The predicted molar refractivity (Wildman–Crippen MR) is 128 cm³/mol. The van der Waals surface area contributed by atoms with Gasteiger partial charge in [0.1, 0.15) is 12.1 Å². The molecule has 0 aromatic heterocycles. The highest BCUT2D eigenvalue weighted by Crippen LogP contribution is 2.29. The summed E-state index contributed by atoms with van der Waals surface area (Å²) in [5.74, 6) is 5.59. The zero-order valence-corrected chi connectivity index (χ0v) is 19.6. The third-order valence-electron chi connectivity index (χ3n) is 7.27. The van der Waals surface area contributed by atoms with Crippen LogP contribution in [0.25, 0.3) is 0 Å². The van der Waals surface area contributed by atoms with Gasteiger partial charge >= 0.3 is 0 Å². The molecule has 0 radical (unpaired) electrons. The zero-order chi connectivity index (χ0) is 24.1. The Morgan fingerprint density at radius 1 is 1.09 bits per heavy atom. The summed E-state index contributed by atoms with van der Waals surface area (Å²) in [5.41, 5.74) is 6.98. The first-order chi connectivity index (χ1) is 16.5. The second-order valence-electron chi connectivity index (χ2n) is 9.42. The maximum atomic E-state index is 13.0. The van der Waals surface area contributed by atoms with Gasteiger partial charge in [-0.25, -0.2) is 0 Å². The lowest BCUT2D eigenvalue weighted by molar-refractivity contribution is -0.157. The van der Waals surface area contributed by atoms with Gasteiger partial charge in [-0.1, -0.05) is 30.3 Å². The largest absolute Gasteiger partial charge is 0.368 e. The summed E-state index contributed by atoms with van der Waals surface area (Å²) in [4.78, 5) is 44.0. The zero-order valence-electron chi connectivity index (χ0n) is 19.6. The van der Waals surface area contributed by atoms with E-state index in [9.17, 15) is 14.4 Å². The lowest BCUT2D eigenvalue weighted by Crippen LogP contribution is -2.61. The van der Waals surface area contributed by atoms with E-state index in [1.165, 1.54) is 10.5 Å². The van der Waals surface area contributed by atoms with E-state index in [2.05, 4.69) is 22.6 Å². The van der Waals surface area contributed by atoms with Crippen molar-refractivity contribution in [2.75, 3.05) is 32.7 Å². The average molecular weight is 470 g/mol. The van der Waals surface area contributed by atoms with E-state index in [1.54, 1.807) is 4.90 Å². The number of carbonyl (C=O) groups is 3. The van der Waals surface area contributed by atoms with Gasteiger partial charge in [0.2, 0.25) is 23.7 Å². The normalized spacial score (nSPS) is 23.9. The molecular weight excluding hydrogens is 434 g/mol. The number of amides is 3. The van der Waals surface area contributed by atoms with E-state index < -0.39 is 12.1 Å². The quantitative estimate of drug-likeness (QED) is 0.220. The molecule has 5 N–H and O–H groups in total. The smallest absolute Gasteiger partial charge is 0.245 e. The summed E-state index contributed by atoms with van der Waals surface area (Å²) in [5, 5.41) is 6.56. The molecule has 0 spiro atoms. The Morgan fingerprint density at radius 2 is 1.82 bits per heavy atom. The highest BCUT2D eigenvalue weighted by Gasteiger charge is 2.48. The lowest BCUT2D eigenvalue weighted by Gasteiger charge is -2.38. The first kappa shape index (κ1) is 23.8. The molecule has 3 fully saturated rings. The molecule has 0 aliphatic carbocycles. The van der Waals surface area contributed by atoms with Crippen molar-refractivity contribution < 1.29 is 14.4 Å². The van der Waals surface area contributed by atoms with E-state index in [0.717, 1.165) is 38.8 Å². The number of guanidine groups is 1. The van der Waals surface area contributed by atoms with Crippen molar-refractivity contribution in [2.24, 2.45) is 22.6 Å². The molecule has 3 heterocycles. The van der Waals surface area contributed by atoms with Gasteiger partial charge < -0.3 is 31.6 Å². The minimum atomic E-state index is -0.562. The molecule has 3 amide bonds. The Morgan fingerprint density at radius 3 is 2.53 bits per heavy atom. The number of rotatable bonds is 7. The maximum Gasteiger partial charge on any atom is 0.245 e. The number of hydrogen-bond donors (Lipinski definition) is 3. The Hall–Kier alpha value is -3.30. The molecule has 0 unspecified atom stereocenters. The van der Waals surface area contributed by atoms with Crippen LogP contribution in [-0.4, -0.2) is 83.2 Å². The number of carbonyl (C=O) groups excluding carboxylic acids is 3. The number of nitrogens with two attached hydrogens (primary N) is 2. The van der Waals surface area contributed by atoms with Gasteiger partial charge in [0.25, 0.3) is 0 Å². The number of nitrogens with zero attached hydrogens (tertiary/aromatic N) is 4. The van der Waals surface area contributed by atoms with Crippen molar-refractivity contribution in [1.82, 2.24) is 20.0 Å². The molecule has 0 bridgehead atoms. The Balaban J connectivity index is 1.25. The molecule has 4 rings (SSSR count). The van der Waals surface area contributed by atoms with Crippen LogP contribution < -0.4 is 16.9 Å². The fourth-order valence-electron chi connectivity index (χ4n) is 5.31. The van der Waals surface area contributed by atoms with Crippen LogP contribution in [0.1, 0.15) is 37.7 Å². The minimum Gasteiger partial charge on any atom is -0.368 e. The molecule has 1 aromatic carbocycles. The summed E-state index contributed by atoms with van der Waals surface area (Å²) in [6.45, 7) is 2.65. The van der Waals surface area contributed by atoms with Crippen LogP contribution in [0.3, 0.4) is 0 Å². The number of benzene rings is 1. The van der Waals surface area contributed by atoms with Crippen LogP contribution in [0, 0.1) is 5.92 Å². The van der Waals surface area contributed by atoms with Crippen molar-refractivity contribution in [3.8, 4) is 0 Å². The second-order valence-corrected chi connectivity index (χ2v) is 9.42. The standard InChI is InChI=1S/C24H35N7O3/c25-24(28-26)29-13-10-18(11-14-29)15-27-22(33)19-8-9-20-23(34)30(16-21(32)31(19)20)12-4-7-17-5-2-1-3-6-17/h1-3,5-6,18-20H,4,7-16,26H2,(H2,25,28)(H,27,33)/t19-,20-/m0/s1. The van der Waals surface area contributed by atoms with Crippen LogP contribution in [0.5, 0.6) is 0 Å². The van der Waals surface area contributed by atoms with Gasteiger partial charge in [0.05, 0.1) is 6.54 Å². The number of piperazine rings is 1. The number of hydrogen-bond acceptors (Lipinski definition) is 5. The SMILES string of the molecule is N/N=C(/N)N1CCC(CNC(=O)[C@@H]2CC[C@H]3C(=O)N(CCCc4ccccc4)CC(=O)N23)CC1. The van der Waals surface area contributed by atoms with E-state index in [4.69, 9.17) is 11.6 Å². The highest BCUT2D eigenvalue weighted by molar-refractivity contribution is 5.99. The molecule has 1 aromatic rings. The molecule has 10 heteroatoms. The van der Waals surface area contributed by atoms with Gasteiger partial charge in [0, 0.05) is 26.2 Å². The van der Waals surface area contributed by atoms with Crippen molar-refractivity contribution >= 4 is 23.7 Å².